The maximum atomic E-state index is 3.53. The molecule has 1 aliphatic rings. The Morgan fingerprint density at radius 2 is 1.24 bits per heavy atom. The summed E-state index contributed by atoms with van der Waals surface area (Å²) in [5, 5.41) is 3.53. The summed E-state index contributed by atoms with van der Waals surface area (Å²) < 4.78 is 0. The van der Waals surface area contributed by atoms with Crippen molar-refractivity contribution in [3.05, 3.63) is 0 Å². The van der Waals surface area contributed by atoms with Crippen molar-refractivity contribution in [2.24, 2.45) is 5.92 Å². The van der Waals surface area contributed by atoms with Gasteiger partial charge in [-0.05, 0) is 38.3 Å². The molecule has 0 aromatic rings. The molecule has 1 N–H and O–H groups in total. The summed E-state index contributed by atoms with van der Waals surface area (Å²) in [5.74, 6) is 0.992. The number of hydrogen-bond donors (Lipinski definition) is 1. The van der Waals surface area contributed by atoms with Crippen LogP contribution in [0.3, 0.4) is 0 Å². The van der Waals surface area contributed by atoms with Crippen LogP contribution in [0.25, 0.3) is 0 Å². The quantitative estimate of drug-likeness (QED) is 0.362. The third kappa shape index (κ3) is 12.2. The Bertz CT molecular complexity index is 196. The normalized spacial score (nSPS) is 19.0. The molecule has 0 bridgehead atoms. The van der Waals surface area contributed by atoms with Crippen molar-refractivity contribution in [1.82, 2.24) is 5.32 Å². The standard InChI is InChI=1S/C20H41N/c1-2-3-4-5-6-7-8-9-10-11-12-13-14-16-20-17-15-18-21-19-20/h20-21H,2-19H2,1H3. The Balaban J connectivity index is 1.69. The van der Waals surface area contributed by atoms with E-state index in [1.165, 1.54) is 116 Å². The van der Waals surface area contributed by atoms with Gasteiger partial charge >= 0.3 is 0 Å². The topological polar surface area (TPSA) is 12.0 Å². The second-order valence-corrected chi connectivity index (χ2v) is 7.24. The molecule has 1 aliphatic heterocycles. The number of rotatable bonds is 14. The first kappa shape index (κ1) is 19.0. The third-order valence-electron chi connectivity index (χ3n) is 5.11. The van der Waals surface area contributed by atoms with Crippen LogP contribution in [-0.2, 0) is 0 Å². The number of hydrogen-bond acceptors (Lipinski definition) is 1. The average molecular weight is 296 g/mol. The zero-order chi connectivity index (χ0) is 15.0. The summed E-state index contributed by atoms with van der Waals surface area (Å²) in [6.07, 6.45) is 23.5. The zero-order valence-electron chi connectivity index (χ0n) is 14.8. The molecule has 1 rings (SSSR count). The van der Waals surface area contributed by atoms with Crippen LogP contribution in [0, 0.1) is 5.92 Å². The van der Waals surface area contributed by atoms with E-state index in [1.807, 2.05) is 0 Å². The monoisotopic (exact) mass is 295 g/mol. The molecule has 0 aromatic heterocycles. The van der Waals surface area contributed by atoms with E-state index in [-0.39, 0.29) is 0 Å². The molecule has 0 spiro atoms. The summed E-state index contributed by atoms with van der Waals surface area (Å²) in [6, 6.07) is 0. The molecule has 0 aromatic carbocycles. The van der Waals surface area contributed by atoms with E-state index in [0.717, 1.165) is 5.92 Å². The predicted octanol–water partition coefficient (Wildman–Crippen LogP) is 6.47. The molecule has 1 heteroatoms. The fraction of sp³-hybridized carbons (Fsp3) is 1.00. The first-order chi connectivity index (χ1) is 10.4. The van der Waals surface area contributed by atoms with Crippen molar-refractivity contribution in [3.63, 3.8) is 0 Å². The van der Waals surface area contributed by atoms with Gasteiger partial charge in [-0.1, -0.05) is 90.4 Å². The van der Waals surface area contributed by atoms with E-state index in [2.05, 4.69) is 12.2 Å². The molecule has 0 saturated carbocycles. The summed E-state index contributed by atoms with van der Waals surface area (Å²) in [5.41, 5.74) is 0. The minimum absolute atomic E-state index is 0.992. The van der Waals surface area contributed by atoms with Gasteiger partial charge in [0.1, 0.15) is 0 Å². The molecule has 1 fully saturated rings. The molecular weight excluding hydrogens is 254 g/mol. The molecule has 0 aliphatic carbocycles. The van der Waals surface area contributed by atoms with Gasteiger partial charge in [0, 0.05) is 0 Å². The average Bonchev–Trinajstić information content (AvgIpc) is 2.53. The number of unbranched alkanes of at least 4 members (excludes halogenated alkanes) is 12. The second kappa shape index (κ2) is 14.9. The Kier molecular flexibility index (Phi) is 13.5. The number of piperidine rings is 1. The van der Waals surface area contributed by atoms with Gasteiger partial charge in [-0.15, -0.1) is 0 Å². The highest BCUT2D eigenvalue weighted by molar-refractivity contribution is 4.68. The molecular formula is C20H41N. The van der Waals surface area contributed by atoms with Crippen LogP contribution in [0.15, 0.2) is 0 Å². The highest BCUT2D eigenvalue weighted by Crippen LogP contribution is 2.18. The van der Waals surface area contributed by atoms with E-state index in [1.54, 1.807) is 0 Å². The lowest BCUT2D eigenvalue weighted by atomic mass is 9.93. The van der Waals surface area contributed by atoms with Crippen LogP contribution in [0.4, 0.5) is 0 Å². The van der Waals surface area contributed by atoms with E-state index >= 15 is 0 Å². The van der Waals surface area contributed by atoms with Crippen molar-refractivity contribution in [3.8, 4) is 0 Å². The molecule has 1 heterocycles. The fourth-order valence-corrected chi connectivity index (χ4v) is 3.62. The summed E-state index contributed by atoms with van der Waals surface area (Å²) in [6.45, 7) is 4.85. The Morgan fingerprint density at radius 1 is 0.714 bits per heavy atom. The summed E-state index contributed by atoms with van der Waals surface area (Å²) in [7, 11) is 0. The highest BCUT2D eigenvalue weighted by atomic mass is 14.9. The number of nitrogens with one attached hydrogen (secondary N) is 1. The lowest BCUT2D eigenvalue weighted by Gasteiger charge is -2.22. The molecule has 1 saturated heterocycles. The first-order valence-corrected chi connectivity index (χ1v) is 10.1. The molecule has 0 amide bonds. The van der Waals surface area contributed by atoms with Crippen LogP contribution in [0.1, 0.15) is 110 Å². The molecule has 1 unspecified atom stereocenters. The van der Waals surface area contributed by atoms with Gasteiger partial charge in [0.2, 0.25) is 0 Å². The lowest BCUT2D eigenvalue weighted by molar-refractivity contribution is 0.345. The second-order valence-electron chi connectivity index (χ2n) is 7.24. The molecule has 0 radical (unpaired) electrons. The Morgan fingerprint density at radius 3 is 1.71 bits per heavy atom. The van der Waals surface area contributed by atoms with Crippen molar-refractivity contribution in [2.75, 3.05) is 13.1 Å². The van der Waals surface area contributed by atoms with Crippen LogP contribution in [0.2, 0.25) is 0 Å². The first-order valence-electron chi connectivity index (χ1n) is 10.1. The van der Waals surface area contributed by atoms with E-state index in [0.29, 0.717) is 0 Å². The summed E-state index contributed by atoms with van der Waals surface area (Å²) >= 11 is 0. The zero-order valence-corrected chi connectivity index (χ0v) is 14.8. The molecule has 126 valence electrons. The SMILES string of the molecule is CCCCCCCCCCCCCCCC1CCCNC1. The van der Waals surface area contributed by atoms with E-state index in [4.69, 9.17) is 0 Å². The third-order valence-corrected chi connectivity index (χ3v) is 5.11. The molecule has 1 nitrogen and oxygen atoms in total. The van der Waals surface area contributed by atoms with Gasteiger partial charge in [0.25, 0.3) is 0 Å². The van der Waals surface area contributed by atoms with Crippen molar-refractivity contribution in [1.29, 1.82) is 0 Å². The highest BCUT2D eigenvalue weighted by Gasteiger charge is 2.11. The maximum absolute atomic E-state index is 3.53. The fourth-order valence-electron chi connectivity index (χ4n) is 3.62. The van der Waals surface area contributed by atoms with Gasteiger partial charge in [-0.25, -0.2) is 0 Å². The van der Waals surface area contributed by atoms with Gasteiger partial charge in [0.05, 0.1) is 0 Å². The van der Waals surface area contributed by atoms with Crippen molar-refractivity contribution >= 4 is 0 Å². The molecule has 21 heavy (non-hydrogen) atoms. The van der Waals surface area contributed by atoms with Crippen molar-refractivity contribution < 1.29 is 0 Å². The van der Waals surface area contributed by atoms with Gasteiger partial charge < -0.3 is 5.32 Å². The summed E-state index contributed by atoms with van der Waals surface area (Å²) in [4.78, 5) is 0. The van der Waals surface area contributed by atoms with Gasteiger partial charge in [-0.2, -0.15) is 0 Å². The largest absolute Gasteiger partial charge is 0.316 e. The molecule has 1 atom stereocenters. The smallest absolute Gasteiger partial charge is 0.00205 e. The van der Waals surface area contributed by atoms with Gasteiger partial charge in [0.15, 0.2) is 0 Å². The van der Waals surface area contributed by atoms with Gasteiger partial charge in [-0.3, -0.25) is 0 Å². The van der Waals surface area contributed by atoms with Crippen molar-refractivity contribution in [2.45, 2.75) is 110 Å². The minimum Gasteiger partial charge on any atom is -0.316 e. The van der Waals surface area contributed by atoms with Crippen LogP contribution in [-0.4, -0.2) is 13.1 Å². The van der Waals surface area contributed by atoms with E-state index in [9.17, 15) is 0 Å². The Labute approximate surface area is 134 Å². The predicted molar refractivity (Wildman–Crippen MR) is 95.9 cm³/mol. The van der Waals surface area contributed by atoms with Crippen LogP contribution < -0.4 is 5.32 Å². The maximum Gasteiger partial charge on any atom is -0.00205 e. The minimum atomic E-state index is 0.992. The Hall–Kier alpha value is -0.0400. The van der Waals surface area contributed by atoms with Crippen LogP contribution in [0.5, 0.6) is 0 Å². The van der Waals surface area contributed by atoms with Crippen LogP contribution >= 0.6 is 0 Å². The van der Waals surface area contributed by atoms with E-state index < -0.39 is 0 Å². The lowest BCUT2D eigenvalue weighted by Crippen LogP contribution is -2.29.